The van der Waals surface area contributed by atoms with Gasteiger partial charge in [0.25, 0.3) is 0 Å². The summed E-state index contributed by atoms with van der Waals surface area (Å²) in [6.07, 6.45) is -1.09. The van der Waals surface area contributed by atoms with Crippen molar-refractivity contribution < 1.29 is 29.0 Å². The van der Waals surface area contributed by atoms with Crippen LogP contribution in [-0.4, -0.2) is 34.1 Å². The largest absolute Gasteiger partial charge is 0.481 e. The van der Waals surface area contributed by atoms with Gasteiger partial charge < -0.3 is 15.5 Å². The first kappa shape index (κ1) is 14.6. The fourth-order valence-corrected chi connectivity index (χ4v) is 1.43. The van der Waals surface area contributed by atoms with Crippen LogP contribution in [0, 0.1) is 5.82 Å². The molecule has 1 aromatic rings. The number of carboxylic acids is 2. The lowest BCUT2D eigenvalue weighted by Crippen LogP contribution is -2.42. The number of halogens is 1. The van der Waals surface area contributed by atoms with Crippen LogP contribution < -0.4 is 5.32 Å². The zero-order valence-electron chi connectivity index (χ0n) is 9.80. The van der Waals surface area contributed by atoms with Crippen molar-refractivity contribution in [1.82, 2.24) is 5.32 Å². The number of hydrogen-bond donors (Lipinski definition) is 3. The number of nitrogens with one attached hydrogen (secondary N) is 1. The predicted molar refractivity (Wildman–Crippen MR) is 61.9 cm³/mol. The number of hydrogen-bond acceptors (Lipinski definition) is 3. The van der Waals surface area contributed by atoms with Crippen LogP contribution in [0.25, 0.3) is 0 Å². The third kappa shape index (κ3) is 4.74. The van der Waals surface area contributed by atoms with Gasteiger partial charge in [0.2, 0.25) is 5.91 Å². The third-order valence-electron chi connectivity index (χ3n) is 2.32. The van der Waals surface area contributed by atoms with Crippen molar-refractivity contribution in [2.75, 3.05) is 0 Å². The highest BCUT2D eigenvalue weighted by Crippen LogP contribution is 2.07. The second-order valence-electron chi connectivity index (χ2n) is 3.82. The minimum atomic E-state index is -1.53. The molecule has 0 radical (unpaired) electrons. The molecule has 1 atom stereocenters. The lowest BCUT2D eigenvalue weighted by molar-refractivity contribution is -0.147. The molecule has 0 saturated carbocycles. The van der Waals surface area contributed by atoms with Gasteiger partial charge in [0.05, 0.1) is 12.8 Å². The number of aliphatic carboxylic acids is 2. The standard InChI is InChI=1S/C12H12FNO5/c13-8-4-2-1-3-7(8)5-10(15)14-9(12(18)19)6-11(16)17/h1-4,9H,5-6H2,(H,14,15)(H,16,17)(H,18,19)/t9-/m0/s1. The van der Waals surface area contributed by atoms with Crippen molar-refractivity contribution in [3.8, 4) is 0 Å². The van der Waals surface area contributed by atoms with Gasteiger partial charge in [0, 0.05) is 0 Å². The summed E-state index contributed by atoms with van der Waals surface area (Å²) in [6.45, 7) is 0. The summed E-state index contributed by atoms with van der Waals surface area (Å²) >= 11 is 0. The van der Waals surface area contributed by atoms with Crippen LogP contribution >= 0.6 is 0 Å². The van der Waals surface area contributed by atoms with Crippen molar-refractivity contribution in [2.24, 2.45) is 0 Å². The molecule has 3 N–H and O–H groups in total. The second-order valence-corrected chi connectivity index (χ2v) is 3.82. The minimum Gasteiger partial charge on any atom is -0.481 e. The molecule has 0 aromatic heterocycles. The maximum atomic E-state index is 13.3. The van der Waals surface area contributed by atoms with Crippen molar-refractivity contribution in [3.63, 3.8) is 0 Å². The van der Waals surface area contributed by atoms with E-state index in [4.69, 9.17) is 10.2 Å². The van der Waals surface area contributed by atoms with E-state index in [-0.39, 0.29) is 12.0 Å². The molecule has 0 heterocycles. The maximum Gasteiger partial charge on any atom is 0.326 e. The van der Waals surface area contributed by atoms with E-state index in [1.165, 1.54) is 24.3 Å². The van der Waals surface area contributed by atoms with E-state index in [9.17, 15) is 18.8 Å². The lowest BCUT2D eigenvalue weighted by Gasteiger charge is -2.12. The first-order valence-corrected chi connectivity index (χ1v) is 5.37. The highest BCUT2D eigenvalue weighted by molar-refractivity contribution is 5.87. The van der Waals surface area contributed by atoms with Gasteiger partial charge in [-0.05, 0) is 11.6 Å². The SMILES string of the molecule is O=C(O)C[C@H](NC(=O)Cc1ccccc1F)C(=O)O. The quantitative estimate of drug-likeness (QED) is 0.694. The topological polar surface area (TPSA) is 104 Å². The van der Waals surface area contributed by atoms with Gasteiger partial charge in [-0.15, -0.1) is 0 Å². The smallest absolute Gasteiger partial charge is 0.326 e. The number of rotatable bonds is 6. The van der Waals surface area contributed by atoms with Gasteiger partial charge in [0.1, 0.15) is 11.9 Å². The number of carbonyl (C=O) groups excluding carboxylic acids is 1. The summed E-state index contributed by atoms with van der Waals surface area (Å²) in [5.74, 6) is -4.13. The van der Waals surface area contributed by atoms with Crippen LogP contribution in [0.5, 0.6) is 0 Å². The average molecular weight is 269 g/mol. The Balaban J connectivity index is 2.65. The van der Waals surface area contributed by atoms with Gasteiger partial charge >= 0.3 is 11.9 Å². The number of carbonyl (C=O) groups is 3. The Labute approximate surface area is 107 Å². The summed E-state index contributed by atoms with van der Waals surface area (Å²) in [5.41, 5.74) is 0.111. The first-order valence-electron chi connectivity index (χ1n) is 5.37. The molecular weight excluding hydrogens is 257 g/mol. The highest BCUT2D eigenvalue weighted by atomic mass is 19.1. The van der Waals surface area contributed by atoms with Crippen molar-refractivity contribution in [2.45, 2.75) is 18.9 Å². The summed E-state index contributed by atoms with van der Waals surface area (Å²) in [7, 11) is 0. The lowest BCUT2D eigenvalue weighted by atomic mass is 10.1. The monoisotopic (exact) mass is 269 g/mol. The van der Waals surface area contributed by atoms with Crippen LogP contribution in [-0.2, 0) is 20.8 Å². The van der Waals surface area contributed by atoms with Gasteiger partial charge in [-0.3, -0.25) is 9.59 Å². The average Bonchev–Trinajstić information content (AvgIpc) is 2.30. The van der Waals surface area contributed by atoms with E-state index in [1.54, 1.807) is 0 Å². The molecule has 0 bridgehead atoms. The number of benzene rings is 1. The van der Waals surface area contributed by atoms with Crippen LogP contribution in [0.1, 0.15) is 12.0 Å². The van der Waals surface area contributed by atoms with Crippen LogP contribution in [0.2, 0.25) is 0 Å². The molecule has 0 fully saturated rings. The van der Waals surface area contributed by atoms with Crippen LogP contribution in [0.4, 0.5) is 4.39 Å². The molecule has 6 nitrogen and oxygen atoms in total. The molecular formula is C12H12FNO5. The molecule has 1 rings (SSSR count). The fourth-order valence-electron chi connectivity index (χ4n) is 1.43. The second kappa shape index (κ2) is 6.48. The summed E-state index contributed by atoms with van der Waals surface area (Å²) < 4.78 is 13.3. The Hall–Kier alpha value is -2.44. The third-order valence-corrected chi connectivity index (χ3v) is 2.32. The Morgan fingerprint density at radius 3 is 2.37 bits per heavy atom. The van der Waals surface area contributed by atoms with E-state index < -0.39 is 36.1 Å². The Morgan fingerprint density at radius 2 is 1.84 bits per heavy atom. The molecule has 0 aliphatic rings. The Morgan fingerprint density at radius 1 is 1.21 bits per heavy atom. The Bertz CT molecular complexity index is 503. The fraction of sp³-hybridized carbons (Fsp3) is 0.250. The van der Waals surface area contributed by atoms with Gasteiger partial charge in [-0.2, -0.15) is 0 Å². The number of amides is 1. The molecule has 1 aromatic carbocycles. The summed E-state index contributed by atoms with van der Waals surface area (Å²) in [4.78, 5) is 32.7. The zero-order chi connectivity index (χ0) is 14.4. The van der Waals surface area contributed by atoms with Crippen molar-refractivity contribution in [3.05, 3.63) is 35.6 Å². The summed E-state index contributed by atoms with van der Waals surface area (Å²) in [6, 6.07) is 4.03. The van der Waals surface area contributed by atoms with Crippen molar-refractivity contribution in [1.29, 1.82) is 0 Å². The van der Waals surface area contributed by atoms with Gasteiger partial charge in [-0.25, -0.2) is 9.18 Å². The number of carboxylic acid groups (broad SMARTS) is 2. The molecule has 7 heteroatoms. The van der Waals surface area contributed by atoms with E-state index in [0.29, 0.717) is 0 Å². The van der Waals surface area contributed by atoms with E-state index in [0.717, 1.165) is 0 Å². The van der Waals surface area contributed by atoms with Gasteiger partial charge in [0.15, 0.2) is 0 Å². The normalized spacial score (nSPS) is 11.6. The molecule has 19 heavy (non-hydrogen) atoms. The molecule has 0 unspecified atom stereocenters. The molecule has 0 saturated heterocycles. The highest BCUT2D eigenvalue weighted by Gasteiger charge is 2.23. The molecule has 1 amide bonds. The molecule has 0 aliphatic carbocycles. The molecule has 0 aliphatic heterocycles. The predicted octanol–water partition coefficient (Wildman–Crippen LogP) is 0.412. The van der Waals surface area contributed by atoms with Crippen molar-refractivity contribution >= 4 is 17.8 Å². The van der Waals surface area contributed by atoms with Gasteiger partial charge in [-0.1, -0.05) is 18.2 Å². The van der Waals surface area contributed by atoms with Crippen LogP contribution in [0.3, 0.4) is 0 Å². The van der Waals surface area contributed by atoms with Crippen LogP contribution in [0.15, 0.2) is 24.3 Å². The maximum absolute atomic E-state index is 13.3. The molecule has 0 spiro atoms. The minimum absolute atomic E-state index is 0.111. The first-order chi connectivity index (χ1) is 8.90. The molecule has 102 valence electrons. The Kier molecular flexibility index (Phi) is 4.99. The van der Waals surface area contributed by atoms with E-state index >= 15 is 0 Å². The van der Waals surface area contributed by atoms with E-state index in [2.05, 4.69) is 0 Å². The zero-order valence-corrected chi connectivity index (χ0v) is 9.80. The summed E-state index contributed by atoms with van der Waals surface area (Å²) in [5, 5.41) is 19.3. The van der Waals surface area contributed by atoms with E-state index in [1.807, 2.05) is 5.32 Å².